The molecule has 0 spiro atoms. The fourth-order valence-electron chi connectivity index (χ4n) is 2.38. The summed E-state index contributed by atoms with van der Waals surface area (Å²) in [6.07, 6.45) is 3.02. The summed E-state index contributed by atoms with van der Waals surface area (Å²) >= 11 is 1.61. The molecule has 2 N–H and O–H groups in total. The van der Waals surface area contributed by atoms with Crippen LogP contribution < -0.4 is 10.6 Å². The van der Waals surface area contributed by atoms with E-state index in [4.69, 9.17) is 0 Å². The van der Waals surface area contributed by atoms with Crippen molar-refractivity contribution < 1.29 is 4.79 Å². The lowest BCUT2D eigenvalue weighted by molar-refractivity contribution is -0.117. The van der Waals surface area contributed by atoms with E-state index in [1.165, 1.54) is 0 Å². The van der Waals surface area contributed by atoms with E-state index < -0.39 is 0 Å². The van der Waals surface area contributed by atoms with Gasteiger partial charge in [0, 0.05) is 18.8 Å². The van der Waals surface area contributed by atoms with Gasteiger partial charge in [-0.05, 0) is 42.3 Å². The molecule has 0 radical (unpaired) electrons. The maximum atomic E-state index is 12.2. The lowest BCUT2D eigenvalue weighted by Gasteiger charge is -2.10. The highest BCUT2D eigenvalue weighted by Gasteiger charge is 2.19. The number of hydrogen-bond donors (Lipinski definition) is 2. The molecule has 1 amide bonds. The van der Waals surface area contributed by atoms with Crippen molar-refractivity contribution in [3.8, 4) is 0 Å². The first-order valence-electron chi connectivity index (χ1n) is 6.83. The number of rotatable bonds is 4. The van der Waals surface area contributed by atoms with Crippen LogP contribution in [0.3, 0.4) is 0 Å². The van der Waals surface area contributed by atoms with E-state index in [9.17, 15) is 4.79 Å². The van der Waals surface area contributed by atoms with Crippen molar-refractivity contribution >= 4 is 23.1 Å². The number of carbonyl (C=O) groups excluding carboxylic acids is 1. The maximum absolute atomic E-state index is 12.2. The minimum Gasteiger partial charge on any atom is -0.315 e. The average molecular weight is 290 g/mol. The number of hydrogen-bond acceptors (Lipinski definition) is 4. The van der Waals surface area contributed by atoms with Crippen LogP contribution in [0.1, 0.15) is 30.9 Å². The third kappa shape index (κ3) is 2.76. The van der Waals surface area contributed by atoms with Crippen molar-refractivity contribution in [2.24, 2.45) is 0 Å². The zero-order valence-corrected chi connectivity index (χ0v) is 12.2. The molecule has 6 heteroatoms. The van der Waals surface area contributed by atoms with Crippen molar-refractivity contribution in [3.63, 3.8) is 0 Å². The zero-order valence-electron chi connectivity index (χ0n) is 11.4. The third-order valence-electron chi connectivity index (χ3n) is 3.70. The molecule has 2 atom stereocenters. The van der Waals surface area contributed by atoms with E-state index in [0.29, 0.717) is 11.9 Å². The van der Waals surface area contributed by atoms with E-state index in [1.54, 1.807) is 11.3 Å². The molecular formula is C14H18N4OS. The number of thiophene rings is 1. The normalized spacial score (nSPS) is 19.9. The van der Waals surface area contributed by atoms with Gasteiger partial charge in [-0.1, -0.05) is 0 Å². The molecule has 0 aliphatic carbocycles. The molecule has 0 aromatic carbocycles. The molecule has 0 bridgehead atoms. The lowest BCUT2D eigenvalue weighted by Crippen LogP contribution is -2.19. The van der Waals surface area contributed by atoms with Crippen molar-refractivity contribution in [1.82, 2.24) is 15.1 Å². The molecule has 3 rings (SSSR count). The highest BCUT2D eigenvalue weighted by Crippen LogP contribution is 2.20. The summed E-state index contributed by atoms with van der Waals surface area (Å²) in [7, 11) is 0. The van der Waals surface area contributed by atoms with Crippen molar-refractivity contribution in [1.29, 1.82) is 0 Å². The molecule has 1 fully saturated rings. The second-order valence-corrected chi connectivity index (χ2v) is 5.88. The zero-order chi connectivity index (χ0) is 13.9. The van der Waals surface area contributed by atoms with Gasteiger partial charge in [-0.25, -0.2) is 0 Å². The molecule has 2 aromatic rings. The third-order valence-corrected chi connectivity index (χ3v) is 4.41. The SMILES string of the molecule is C[C@@H](C(=O)Nc1ccn([C@@H]2CCNC2)n1)c1ccsc1. The molecular weight excluding hydrogens is 272 g/mol. The molecule has 3 heterocycles. The highest BCUT2D eigenvalue weighted by molar-refractivity contribution is 7.08. The van der Waals surface area contributed by atoms with Gasteiger partial charge in [-0.15, -0.1) is 0 Å². The largest absolute Gasteiger partial charge is 0.315 e. The van der Waals surface area contributed by atoms with Crippen LogP contribution in [0.2, 0.25) is 0 Å². The molecule has 0 unspecified atom stereocenters. The quantitative estimate of drug-likeness (QED) is 0.907. The summed E-state index contributed by atoms with van der Waals surface area (Å²) < 4.78 is 1.94. The summed E-state index contributed by atoms with van der Waals surface area (Å²) in [6, 6.07) is 4.24. The van der Waals surface area contributed by atoms with Crippen LogP contribution in [0.5, 0.6) is 0 Å². The Morgan fingerprint density at radius 1 is 1.60 bits per heavy atom. The Morgan fingerprint density at radius 2 is 2.50 bits per heavy atom. The number of anilines is 1. The molecule has 106 valence electrons. The predicted molar refractivity (Wildman–Crippen MR) is 80.1 cm³/mol. The number of amides is 1. The summed E-state index contributed by atoms with van der Waals surface area (Å²) in [4.78, 5) is 12.2. The Hall–Kier alpha value is -1.66. The number of nitrogens with zero attached hydrogens (tertiary/aromatic N) is 2. The van der Waals surface area contributed by atoms with E-state index in [1.807, 2.05) is 40.7 Å². The predicted octanol–water partition coefficient (Wildman–Crippen LogP) is 2.22. The van der Waals surface area contributed by atoms with E-state index in [-0.39, 0.29) is 11.8 Å². The fourth-order valence-corrected chi connectivity index (χ4v) is 3.13. The van der Waals surface area contributed by atoms with Gasteiger partial charge in [0.25, 0.3) is 0 Å². The summed E-state index contributed by atoms with van der Waals surface area (Å²) in [5.74, 6) is 0.460. The molecule has 20 heavy (non-hydrogen) atoms. The number of aromatic nitrogens is 2. The van der Waals surface area contributed by atoms with E-state index in [2.05, 4.69) is 15.7 Å². The van der Waals surface area contributed by atoms with Crippen LogP contribution in [0, 0.1) is 0 Å². The average Bonchev–Trinajstić information content (AvgIpc) is 3.19. The first kappa shape index (κ1) is 13.3. The monoisotopic (exact) mass is 290 g/mol. The molecule has 1 aliphatic rings. The van der Waals surface area contributed by atoms with Gasteiger partial charge in [-0.3, -0.25) is 9.48 Å². The van der Waals surface area contributed by atoms with Gasteiger partial charge in [0.2, 0.25) is 5.91 Å². The van der Waals surface area contributed by atoms with Crippen LogP contribution in [0.4, 0.5) is 5.82 Å². The van der Waals surface area contributed by atoms with Gasteiger partial charge in [0.15, 0.2) is 5.82 Å². The first-order valence-corrected chi connectivity index (χ1v) is 7.77. The van der Waals surface area contributed by atoms with Crippen molar-refractivity contribution in [2.75, 3.05) is 18.4 Å². The van der Waals surface area contributed by atoms with Crippen LogP contribution >= 0.6 is 11.3 Å². The van der Waals surface area contributed by atoms with Crippen molar-refractivity contribution in [2.45, 2.75) is 25.3 Å². The second kappa shape index (κ2) is 5.76. The molecule has 5 nitrogen and oxygen atoms in total. The smallest absolute Gasteiger partial charge is 0.232 e. The topological polar surface area (TPSA) is 59.0 Å². The number of carbonyl (C=O) groups is 1. The minimum atomic E-state index is -0.153. The number of nitrogens with one attached hydrogen (secondary N) is 2. The Balaban J connectivity index is 1.64. The summed E-state index contributed by atoms with van der Waals surface area (Å²) in [6.45, 7) is 3.89. The Kier molecular flexibility index (Phi) is 3.84. The maximum Gasteiger partial charge on any atom is 0.232 e. The van der Waals surface area contributed by atoms with Crippen LogP contribution in [0.25, 0.3) is 0 Å². The molecule has 1 aliphatic heterocycles. The Bertz CT molecular complexity index is 572. The summed E-state index contributed by atoms with van der Waals surface area (Å²) in [5.41, 5.74) is 1.05. The van der Waals surface area contributed by atoms with Crippen LogP contribution in [0.15, 0.2) is 29.1 Å². The van der Waals surface area contributed by atoms with Gasteiger partial charge in [-0.2, -0.15) is 16.4 Å². The van der Waals surface area contributed by atoms with Crippen molar-refractivity contribution in [3.05, 3.63) is 34.7 Å². The van der Waals surface area contributed by atoms with Crippen LogP contribution in [-0.4, -0.2) is 28.8 Å². The standard InChI is InChI=1S/C14H18N4OS/c1-10(11-4-7-20-9-11)14(19)16-13-3-6-18(17-13)12-2-5-15-8-12/h3-4,6-7,9-10,12,15H,2,5,8H2,1H3,(H,16,17,19)/t10-,12-/m1/s1. The second-order valence-electron chi connectivity index (χ2n) is 5.10. The van der Waals surface area contributed by atoms with Gasteiger partial charge >= 0.3 is 0 Å². The van der Waals surface area contributed by atoms with Crippen LogP contribution in [-0.2, 0) is 4.79 Å². The highest BCUT2D eigenvalue weighted by atomic mass is 32.1. The summed E-state index contributed by atoms with van der Waals surface area (Å²) in [5, 5.41) is 14.6. The molecule has 2 aromatic heterocycles. The van der Waals surface area contributed by atoms with E-state index in [0.717, 1.165) is 25.1 Å². The molecule has 0 saturated carbocycles. The van der Waals surface area contributed by atoms with Gasteiger partial charge < -0.3 is 10.6 Å². The van der Waals surface area contributed by atoms with E-state index >= 15 is 0 Å². The molecule has 1 saturated heterocycles. The minimum absolute atomic E-state index is 0.0156. The first-order chi connectivity index (χ1) is 9.74. The van der Waals surface area contributed by atoms with Gasteiger partial charge in [0.05, 0.1) is 12.0 Å². The fraction of sp³-hybridized carbons (Fsp3) is 0.429. The Morgan fingerprint density at radius 3 is 3.20 bits per heavy atom. The van der Waals surface area contributed by atoms with Gasteiger partial charge in [0.1, 0.15) is 0 Å². The Labute approximate surface area is 122 Å². The lowest BCUT2D eigenvalue weighted by atomic mass is 10.0.